The molecule has 0 atom stereocenters. The lowest BCUT2D eigenvalue weighted by Gasteiger charge is -2.26. The summed E-state index contributed by atoms with van der Waals surface area (Å²) in [6, 6.07) is 16.6. The average molecular weight is 352 g/mol. The SMILES string of the molecule is CCNC(=NCc1cc(C#N)ccc1F)NCC(C)(C)c1ccccc1. The fraction of sp³-hybridized carbons (Fsp3) is 0.333. The molecule has 5 heteroatoms. The van der Waals surface area contributed by atoms with E-state index < -0.39 is 0 Å². The van der Waals surface area contributed by atoms with Crippen LogP contribution in [0.25, 0.3) is 0 Å². The van der Waals surface area contributed by atoms with Crippen molar-refractivity contribution in [2.45, 2.75) is 32.7 Å². The Morgan fingerprint density at radius 1 is 1.15 bits per heavy atom. The lowest BCUT2D eigenvalue weighted by atomic mass is 9.85. The van der Waals surface area contributed by atoms with Crippen molar-refractivity contribution in [1.82, 2.24) is 10.6 Å². The topological polar surface area (TPSA) is 60.2 Å². The molecule has 0 amide bonds. The van der Waals surface area contributed by atoms with Crippen LogP contribution in [0.4, 0.5) is 4.39 Å². The first-order valence-corrected chi connectivity index (χ1v) is 8.72. The highest BCUT2D eigenvalue weighted by Gasteiger charge is 2.20. The molecular weight excluding hydrogens is 327 g/mol. The molecular formula is C21H25FN4. The van der Waals surface area contributed by atoms with Crippen molar-refractivity contribution >= 4 is 5.96 Å². The van der Waals surface area contributed by atoms with Gasteiger partial charge in [0, 0.05) is 24.1 Å². The number of benzene rings is 2. The summed E-state index contributed by atoms with van der Waals surface area (Å²) in [6.07, 6.45) is 0. The summed E-state index contributed by atoms with van der Waals surface area (Å²) in [5.41, 5.74) is 1.99. The van der Waals surface area contributed by atoms with Gasteiger partial charge in [-0.25, -0.2) is 9.38 Å². The highest BCUT2D eigenvalue weighted by molar-refractivity contribution is 5.79. The van der Waals surface area contributed by atoms with E-state index >= 15 is 0 Å². The van der Waals surface area contributed by atoms with E-state index in [0.717, 1.165) is 0 Å². The average Bonchev–Trinajstić information content (AvgIpc) is 2.66. The third-order valence-electron chi connectivity index (χ3n) is 4.18. The van der Waals surface area contributed by atoms with Gasteiger partial charge < -0.3 is 10.6 Å². The van der Waals surface area contributed by atoms with Crippen LogP contribution in [0, 0.1) is 17.1 Å². The van der Waals surface area contributed by atoms with Crippen LogP contribution in [-0.4, -0.2) is 19.0 Å². The van der Waals surface area contributed by atoms with Crippen molar-refractivity contribution in [2.75, 3.05) is 13.1 Å². The van der Waals surface area contributed by atoms with Crippen molar-refractivity contribution in [3.8, 4) is 6.07 Å². The van der Waals surface area contributed by atoms with Gasteiger partial charge in [-0.15, -0.1) is 0 Å². The van der Waals surface area contributed by atoms with E-state index in [1.54, 1.807) is 0 Å². The number of nitrogens with one attached hydrogen (secondary N) is 2. The van der Waals surface area contributed by atoms with E-state index in [0.29, 0.717) is 30.2 Å². The third kappa shape index (κ3) is 5.32. The normalized spacial score (nSPS) is 11.7. The minimum atomic E-state index is -0.354. The second-order valence-electron chi connectivity index (χ2n) is 6.72. The second kappa shape index (κ2) is 9.00. The first-order valence-electron chi connectivity index (χ1n) is 8.72. The van der Waals surface area contributed by atoms with Crippen LogP contribution in [0.2, 0.25) is 0 Å². The fourth-order valence-corrected chi connectivity index (χ4v) is 2.57. The predicted octanol–water partition coefficient (Wildman–Crippen LogP) is 3.73. The number of nitrogens with zero attached hydrogens (tertiary/aromatic N) is 2. The Labute approximate surface area is 154 Å². The van der Waals surface area contributed by atoms with E-state index in [1.807, 2.05) is 31.2 Å². The zero-order valence-corrected chi connectivity index (χ0v) is 15.5. The summed E-state index contributed by atoms with van der Waals surface area (Å²) >= 11 is 0. The number of aliphatic imine (C=N–C) groups is 1. The molecule has 0 fully saturated rings. The largest absolute Gasteiger partial charge is 0.357 e. The van der Waals surface area contributed by atoms with Crippen LogP contribution < -0.4 is 10.6 Å². The summed E-state index contributed by atoms with van der Waals surface area (Å²) in [7, 11) is 0. The van der Waals surface area contributed by atoms with E-state index in [4.69, 9.17) is 5.26 Å². The highest BCUT2D eigenvalue weighted by Crippen LogP contribution is 2.21. The number of rotatable bonds is 6. The number of hydrogen-bond acceptors (Lipinski definition) is 2. The van der Waals surface area contributed by atoms with Crippen LogP contribution in [0.15, 0.2) is 53.5 Å². The van der Waals surface area contributed by atoms with E-state index in [1.165, 1.54) is 23.8 Å². The molecule has 0 spiro atoms. The minimum Gasteiger partial charge on any atom is -0.357 e. The van der Waals surface area contributed by atoms with Crippen LogP contribution in [0.1, 0.15) is 37.5 Å². The van der Waals surface area contributed by atoms with Gasteiger partial charge in [0.2, 0.25) is 0 Å². The van der Waals surface area contributed by atoms with Gasteiger partial charge in [0.05, 0.1) is 18.2 Å². The molecule has 2 rings (SSSR count). The first-order chi connectivity index (χ1) is 12.5. The quantitative estimate of drug-likeness (QED) is 0.615. The van der Waals surface area contributed by atoms with Gasteiger partial charge >= 0.3 is 0 Å². The fourth-order valence-electron chi connectivity index (χ4n) is 2.57. The Hall–Kier alpha value is -2.87. The molecule has 136 valence electrons. The molecule has 0 aliphatic heterocycles. The molecule has 0 saturated carbocycles. The molecule has 0 aromatic heterocycles. The molecule has 0 radical (unpaired) electrons. The third-order valence-corrected chi connectivity index (χ3v) is 4.18. The monoisotopic (exact) mass is 352 g/mol. The van der Waals surface area contributed by atoms with Gasteiger partial charge in [-0.3, -0.25) is 0 Å². The first kappa shape index (κ1) is 19.5. The molecule has 4 nitrogen and oxygen atoms in total. The maximum Gasteiger partial charge on any atom is 0.191 e. The van der Waals surface area contributed by atoms with E-state index in [-0.39, 0.29) is 17.8 Å². The Balaban J connectivity index is 2.09. The van der Waals surface area contributed by atoms with Crippen molar-refractivity contribution in [2.24, 2.45) is 4.99 Å². The molecule has 2 N–H and O–H groups in total. The van der Waals surface area contributed by atoms with Crippen molar-refractivity contribution in [1.29, 1.82) is 5.26 Å². The maximum absolute atomic E-state index is 13.9. The van der Waals surface area contributed by atoms with Crippen LogP contribution in [0.3, 0.4) is 0 Å². The Morgan fingerprint density at radius 2 is 1.88 bits per heavy atom. The second-order valence-corrected chi connectivity index (χ2v) is 6.72. The van der Waals surface area contributed by atoms with Gasteiger partial charge in [-0.05, 0) is 30.7 Å². The molecule has 0 aliphatic rings. The summed E-state index contributed by atoms with van der Waals surface area (Å²) < 4.78 is 13.9. The van der Waals surface area contributed by atoms with Gasteiger partial charge in [-0.2, -0.15) is 5.26 Å². The molecule has 0 heterocycles. The maximum atomic E-state index is 13.9. The van der Waals surface area contributed by atoms with Crippen LogP contribution in [-0.2, 0) is 12.0 Å². The zero-order chi connectivity index (χ0) is 19.0. The van der Waals surface area contributed by atoms with Gasteiger partial charge in [0.15, 0.2) is 5.96 Å². The molecule has 0 unspecified atom stereocenters. The Kier molecular flexibility index (Phi) is 6.74. The minimum absolute atomic E-state index is 0.0799. The van der Waals surface area contributed by atoms with Crippen LogP contribution >= 0.6 is 0 Å². The zero-order valence-electron chi connectivity index (χ0n) is 15.5. The molecule has 26 heavy (non-hydrogen) atoms. The molecule has 0 bridgehead atoms. The van der Waals surface area contributed by atoms with Gasteiger partial charge in [0.25, 0.3) is 0 Å². The summed E-state index contributed by atoms with van der Waals surface area (Å²) in [4.78, 5) is 4.46. The molecule has 2 aromatic carbocycles. The molecule has 0 saturated heterocycles. The smallest absolute Gasteiger partial charge is 0.191 e. The molecule has 2 aromatic rings. The van der Waals surface area contributed by atoms with Crippen LogP contribution in [0.5, 0.6) is 0 Å². The predicted molar refractivity (Wildman–Crippen MR) is 103 cm³/mol. The highest BCUT2D eigenvalue weighted by atomic mass is 19.1. The van der Waals surface area contributed by atoms with E-state index in [9.17, 15) is 4.39 Å². The number of guanidine groups is 1. The number of halogens is 1. The van der Waals surface area contributed by atoms with Crippen molar-refractivity contribution < 1.29 is 4.39 Å². The number of nitriles is 1. The summed E-state index contributed by atoms with van der Waals surface area (Å²) in [5.74, 6) is 0.270. The lowest BCUT2D eigenvalue weighted by molar-refractivity contribution is 0.508. The molecule has 0 aliphatic carbocycles. The standard InChI is InChI=1S/C21H25FN4/c1-4-24-20(25-14-17-12-16(13-23)10-11-19(17)22)26-15-21(2,3)18-8-6-5-7-9-18/h5-12H,4,14-15H2,1-3H3,(H2,24,25,26). The lowest BCUT2D eigenvalue weighted by Crippen LogP contribution is -2.43. The summed E-state index contributed by atoms with van der Waals surface area (Å²) in [6.45, 7) is 7.87. The number of hydrogen-bond donors (Lipinski definition) is 2. The summed E-state index contributed by atoms with van der Waals surface area (Å²) in [5, 5.41) is 15.5. The Morgan fingerprint density at radius 3 is 2.54 bits per heavy atom. The van der Waals surface area contributed by atoms with Crippen molar-refractivity contribution in [3.63, 3.8) is 0 Å². The van der Waals surface area contributed by atoms with E-state index in [2.05, 4.69) is 41.6 Å². The Bertz CT molecular complexity index is 791. The van der Waals surface area contributed by atoms with Crippen molar-refractivity contribution in [3.05, 3.63) is 71.0 Å². The van der Waals surface area contributed by atoms with Gasteiger partial charge in [-0.1, -0.05) is 44.2 Å². The van der Waals surface area contributed by atoms with Gasteiger partial charge in [0.1, 0.15) is 5.82 Å².